The number of Topliss-reactive ketones (excluding diaryl/α,β-unsaturated/α-hetero) is 1. The fourth-order valence-corrected chi connectivity index (χ4v) is 4.20. The SMILES string of the molecule is CC(C)(O)C(C(=O)CO)N1CCC(c2ccc(-c3ccccc3)cc2)CC1. The van der Waals surface area contributed by atoms with Crippen LogP contribution in [-0.2, 0) is 4.79 Å². The van der Waals surface area contributed by atoms with E-state index in [1.165, 1.54) is 16.7 Å². The molecule has 1 heterocycles. The number of likely N-dealkylation sites (tertiary alicyclic amines) is 1. The van der Waals surface area contributed by atoms with E-state index in [0.29, 0.717) is 5.92 Å². The van der Waals surface area contributed by atoms with E-state index in [1.807, 2.05) is 23.1 Å². The highest BCUT2D eigenvalue weighted by atomic mass is 16.3. The molecule has 0 spiro atoms. The molecule has 144 valence electrons. The van der Waals surface area contributed by atoms with E-state index in [-0.39, 0.29) is 5.78 Å². The molecule has 2 N–H and O–H groups in total. The number of carbonyl (C=O) groups is 1. The zero-order valence-electron chi connectivity index (χ0n) is 16.1. The predicted molar refractivity (Wildman–Crippen MR) is 108 cm³/mol. The van der Waals surface area contributed by atoms with Gasteiger partial charge < -0.3 is 10.2 Å². The molecule has 27 heavy (non-hydrogen) atoms. The van der Waals surface area contributed by atoms with Crippen molar-refractivity contribution < 1.29 is 15.0 Å². The first-order chi connectivity index (χ1) is 12.9. The first-order valence-electron chi connectivity index (χ1n) is 9.65. The second kappa shape index (κ2) is 8.34. The molecule has 3 rings (SSSR count). The summed E-state index contributed by atoms with van der Waals surface area (Å²) in [5, 5.41) is 19.6. The molecule has 2 aromatic carbocycles. The maximum Gasteiger partial charge on any atom is 0.178 e. The highest BCUT2D eigenvalue weighted by Gasteiger charge is 2.39. The van der Waals surface area contributed by atoms with Crippen LogP contribution in [0.15, 0.2) is 54.6 Å². The van der Waals surface area contributed by atoms with E-state index < -0.39 is 18.2 Å². The number of nitrogens with zero attached hydrogens (tertiary/aromatic N) is 1. The van der Waals surface area contributed by atoms with Crippen molar-refractivity contribution in [2.45, 2.75) is 44.2 Å². The van der Waals surface area contributed by atoms with Crippen molar-refractivity contribution in [2.75, 3.05) is 19.7 Å². The van der Waals surface area contributed by atoms with Gasteiger partial charge in [-0.2, -0.15) is 0 Å². The minimum Gasteiger partial charge on any atom is -0.389 e. The van der Waals surface area contributed by atoms with Gasteiger partial charge in [0.15, 0.2) is 5.78 Å². The Kier molecular flexibility index (Phi) is 6.10. The Morgan fingerprint density at radius 3 is 2.11 bits per heavy atom. The number of aliphatic hydroxyl groups excluding tert-OH is 1. The lowest BCUT2D eigenvalue weighted by molar-refractivity contribution is -0.137. The second-order valence-electron chi connectivity index (χ2n) is 7.98. The number of aliphatic hydroxyl groups is 2. The van der Waals surface area contributed by atoms with Crippen molar-refractivity contribution in [2.24, 2.45) is 0 Å². The van der Waals surface area contributed by atoms with E-state index in [9.17, 15) is 15.0 Å². The van der Waals surface area contributed by atoms with Gasteiger partial charge in [0.1, 0.15) is 6.61 Å². The Bertz CT molecular complexity index is 741. The molecule has 4 nitrogen and oxygen atoms in total. The zero-order chi connectivity index (χ0) is 19.4. The molecule has 0 aliphatic carbocycles. The van der Waals surface area contributed by atoms with E-state index in [4.69, 9.17) is 0 Å². The van der Waals surface area contributed by atoms with Crippen LogP contribution in [0.2, 0.25) is 0 Å². The molecule has 0 radical (unpaired) electrons. The Balaban J connectivity index is 1.66. The molecule has 0 aromatic heterocycles. The van der Waals surface area contributed by atoms with Crippen LogP contribution in [0.5, 0.6) is 0 Å². The standard InChI is InChI=1S/C23H29NO3/c1-23(2,27)22(21(26)16-25)24-14-12-20(13-15-24)19-10-8-18(9-11-19)17-6-4-3-5-7-17/h3-11,20,22,25,27H,12-16H2,1-2H3. The van der Waals surface area contributed by atoms with Crippen molar-refractivity contribution in [1.29, 1.82) is 0 Å². The molecule has 4 heteroatoms. The normalized spacial score (nSPS) is 17.6. The van der Waals surface area contributed by atoms with Gasteiger partial charge in [0.05, 0.1) is 11.6 Å². The van der Waals surface area contributed by atoms with Crippen LogP contribution in [0.3, 0.4) is 0 Å². The summed E-state index contributed by atoms with van der Waals surface area (Å²) in [7, 11) is 0. The summed E-state index contributed by atoms with van der Waals surface area (Å²) in [5.74, 6) is 0.144. The van der Waals surface area contributed by atoms with Crippen LogP contribution in [0, 0.1) is 0 Å². The smallest absolute Gasteiger partial charge is 0.178 e. The number of carbonyl (C=O) groups excluding carboxylic acids is 1. The van der Waals surface area contributed by atoms with Gasteiger partial charge in [-0.05, 0) is 62.4 Å². The van der Waals surface area contributed by atoms with Gasteiger partial charge in [-0.25, -0.2) is 0 Å². The molecule has 1 fully saturated rings. The maximum absolute atomic E-state index is 12.1. The van der Waals surface area contributed by atoms with E-state index in [2.05, 4.69) is 36.4 Å². The lowest BCUT2D eigenvalue weighted by atomic mass is 9.85. The predicted octanol–water partition coefficient (Wildman–Crippen LogP) is 3.23. The number of rotatable bonds is 6. The topological polar surface area (TPSA) is 60.8 Å². The number of benzene rings is 2. The van der Waals surface area contributed by atoms with Gasteiger partial charge in [0.25, 0.3) is 0 Å². The molecule has 0 amide bonds. The molecule has 0 saturated carbocycles. The van der Waals surface area contributed by atoms with Gasteiger partial charge in [0, 0.05) is 0 Å². The number of hydrogen-bond acceptors (Lipinski definition) is 4. The average Bonchev–Trinajstić information content (AvgIpc) is 2.68. The Hall–Kier alpha value is -2.01. The fourth-order valence-electron chi connectivity index (χ4n) is 4.20. The van der Waals surface area contributed by atoms with Crippen molar-refractivity contribution in [3.8, 4) is 11.1 Å². The van der Waals surface area contributed by atoms with Gasteiger partial charge >= 0.3 is 0 Å². The van der Waals surface area contributed by atoms with Crippen LogP contribution in [-0.4, -0.2) is 52.2 Å². The molecule has 0 bridgehead atoms. The van der Waals surface area contributed by atoms with Crippen molar-refractivity contribution in [3.05, 3.63) is 60.2 Å². The third-order valence-corrected chi connectivity index (χ3v) is 5.51. The summed E-state index contributed by atoms with van der Waals surface area (Å²) in [4.78, 5) is 14.2. The molecule has 1 aliphatic rings. The zero-order valence-corrected chi connectivity index (χ0v) is 16.1. The molecular weight excluding hydrogens is 338 g/mol. The van der Waals surface area contributed by atoms with Gasteiger partial charge in [-0.1, -0.05) is 54.6 Å². The highest BCUT2D eigenvalue weighted by molar-refractivity contribution is 5.86. The molecule has 1 atom stereocenters. The number of piperidine rings is 1. The third-order valence-electron chi connectivity index (χ3n) is 5.51. The second-order valence-corrected chi connectivity index (χ2v) is 7.98. The summed E-state index contributed by atoms with van der Waals surface area (Å²) in [5.41, 5.74) is 2.59. The Morgan fingerprint density at radius 2 is 1.59 bits per heavy atom. The highest BCUT2D eigenvalue weighted by Crippen LogP contribution is 2.32. The molecule has 1 saturated heterocycles. The third kappa shape index (κ3) is 4.64. The van der Waals surface area contributed by atoms with Crippen molar-refractivity contribution >= 4 is 5.78 Å². The first-order valence-corrected chi connectivity index (χ1v) is 9.65. The summed E-state index contributed by atoms with van der Waals surface area (Å²) >= 11 is 0. The van der Waals surface area contributed by atoms with Crippen LogP contribution in [0.4, 0.5) is 0 Å². The summed E-state index contributed by atoms with van der Waals surface area (Å²) in [6.45, 7) is 4.23. The van der Waals surface area contributed by atoms with E-state index in [0.717, 1.165) is 25.9 Å². The van der Waals surface area contributed by atoms with Gasteiger partial charge in [-0.15, -0.1) is 0 Å². The number of hydrogen-bond donors (Lipinski definition) is 2. The Morgan fingerprint density at radius 1 is 1.04 bits per heavy atom. The number of ketones is 1. The monoisotopic (exact) mass is 367 g/mol. The largest absolute Gasteiger partial charge is 0.389 e. The molecular formula is C23H29NO3. The van der Waals surface area contributed by atoms with Crippen LogP contribution in [0.25, 0.3) is 11.1 Å². The first kappa shape index (κ1) is 19.7. The lowest BCUT2D eigenvalue weighted by Crippen LogP contribution is -2.56. The molecule has 1 unspecified atom stereocenters. The van der Waals surface area contributed by atoms with Crippen LogP contribution in [0.1, 0.15) is 38.2 Å². The fraction of sp³-hybridized carbons (Fsp3) is 0.435. The summed E-state index contributed by atoms with van der Waals surface area (Å²) in [6, 6.07) is 18.4. The van der Waals surface area contributed by atoms with Crippen molar-refractivity contribution in [1.82, 2.24) is 4.90 Å². The van der Waals surface area contributed by atoms with E-state index in [1.54, 1.807) is 13.8 Å². The lowest BCUT2D eigenvalue weighted by Gasteiger charge is -2.41. The quantitative estimate of drug-likeness (QED) is 0.823. The molecule has 1 aliphatic heterocycles. The van der Waals surface area contributed by atoms with Crippen LogP contribution < -0.4 is 0 Å². The minimum atomic E-state index is -1.16. The van der Waals surface area contributed by atoms with Crippen LogP contribution >= 0.6 is 0 Å². The Labute approximate surface area is 161 Å². The average molecular weight is 367 g/mol. The van der Waals surface area contributed by atoms with E-state index >= 15 is 0 Å². The molecule has 2 aromatic rings. The minimum absolute atomic E-state index is 0.312. The van der Waals surface area contributed by atoms with Gasteiger partial charge in [-0.3, -0.25) is 9.69 Å². The summed E-state index contributed by atoms with van der Waals surface area (Å²) < 4.78 is 0. The van der Waals surface area contributed by atoms with Crippen molar-refractivity contribution in [3.63, 3.8) is 0 Å². The summed E-state index contributed by atoms with van der Waals surface area (Å²) in [6.07, 6.45) is 1.88. The maximum atomic E-state index is 12.1. The van der Waals surface area contributed by atoms with Gasteiger partial charge in [0.2, 0.25) is 0 Å².